The maximum absolute atomic E-state index is 5.97. The summed E-state index contributed by atoms with van der Waals surface area (Å²) in [5.41, 5.74) is 1.27. The van der Waals surface area contributed by atoms with Crippen molar-refractivity contribution in [3.05, 3.63) is 66.2 Å². The number of rotatable bonds is 6. The van der Waals surface area contributed by atoms with E-state index in [0.29, 0.717) is 12.6 Å². The van der Waals surface area contributed by atoms with Crippen LogP contribution in [0.4, 0.5) is 0 Å². The van der Waals surface area contributed by atoms with Crippen molar-refractivity contribution < 1.29 is 9.47 Å². The molecular formula is C19H23NO2. The molecular weight excluding hydrogens is 274 g/mol. The second kappa shape index (κ2) is 7.97. The summed E-state index contributed by atoms with van der Waals surface area (Å²) in [4.78, 5) is 0. The number of benzene rings is 2. The lowest BCUT2D eigenvalue weighted by Gasteiger charge is -2.29. The molecule has 1 aliphatic rings. The van der Waals surface area contributed by atoms with Gasteiger partial charge in [-0.05, 0) is 30.5 Å². The number of hydrogen-bond acceptors (Lipinski definition) is 3. The van der Waals surface area contributed by atoms with Crippen molar-refractivity contribution in [2.75, 3.05) is 19.8 Å². The Morgan fingerprint density at radius 3 is 2.27 bits per heavy atom. The lowest BCUT2D eigenvalue weighted by atomic mass is 10.0. The molecule has 2 aromatic rings. The van der Waals surface area contributed by atoms with Gasteiger partial charge in [-0.25, -0.2) is 0 Å². The molecule has 1 unspecified atom stereocenters. The molecule has 0 aromatic heterocycles. The molecule has 0 spiro atoms. The van der Waals surface area contributed by atoms with Gasteiger partial charge in [-0.15, -0.1) is 0 Å². The van der Waals surface area contributed by atoms with Crippen LogP contribution >= 0.6 is 0 Å². The van der Waals surface area contributed by atoms with Crippen LogP contribution < -0.4 is 10.1 Å². The van der Waals surface area contributed by atoms with E-state index in [2.05, 4.69) is 29.6 Å². The van der Waals surface area contributed by atoms with Crippen molar-refractivity contribution in [3.8, 4) is 5.75 Å². The highest BCUT2D eigenvalue weighted by molar-refractivity contribution is 5.23. The van der Waals surface area contributed by atoms with E-state index in [-0.39, 0.29) is 6.04 Å². The second-order valence-corrected chi connectivity index (χ2v) is 5.64. The van der Waals surface area contributed by atoms with Gasteiger partial charge in [0, 0.05) is 19.3 Å². The van der Waals surface area contributed by atoms with Crippen LogP contribution in [0.15, 0.2) is 60.7 Å². The quantitative estimate of drug-likeness (QED) is 0.884. The topological polar surface area (TPSA) is 30.5 Å². The van der Waals surface area contributed by atoms with Gasteiger partial charge in [-0.2, -0.15) is 0 Å². The first kappa shape index (κ1) is 15.1. The van der Waals surface area contributed by atoms with E-state index in [1.807, 2.05) is 36.4 Å². The summed E-state index contributed by atoms with van der Waals surface area (Å²) in [6.07, 6.45) is 2.13. The Balaban J connectivity index is 1.65. The van der Waals surface area contributed by atoms with Crippen LogP contribution in [0.3, 0.4) is 0 Å². The molecule has 0 saturated carbocycles. The average Bonchev–Trinajstić information content (AvgIpc) is 2.61. The van der Waals surface area contributed by atoms with Crippen LogP contribution in [0.1, 0.15) is 24.4 Å². The third-order valence-corrected chi connectivity index (χ3v) is 4.02. The Bertz CT molecular complexity index is 538. The minimum absolute atomic E-state index is 0.199. The summed E-state index contributed by atoms with van der Waals surface area (Å²) < 4.78 is 11.4. The fourth-order valence-electron chi connectivity index (χ4n) is 2.77. The number of nitrogens with one attached hydrogen (secondary N) is 1. The lowest BCUT2D eigenvalue weighted by Crippen LogP contribution is -2.39. The van der Waals surface area contributed by atoms with E-state index in [9.17, 15) is 0 Å². The Labute approximate surface area is 132 Å². The zero-order chi connectivity index (χ0) is 15.0. The first-order valence-electron chi connectivity index (χ1n) is 7.98. The summed E-state index contributed by atoms with van der Waals surface area (Å²) in [6.45, 7) is 2.32. The van der Waals surface area contributed by atoms with Gasteiger partial charge in [0.05, 0.1) is 6.04 Å². The third kappa shape index (κ3) is 4.33. The fourth-order valence-corrected chi connectivity index (χ4v) is 2.77. The van der Waals surface area contributed by atoms with Crippen molar-refractivity contribution in [3.63, 3.8) is 0 Å². The molecule has 0 radical (unpaired) electrons. The molecule has 1 saturated heterocycles. The van der Waals surface area contributed by atoms with Gasteiger partial charge in [0.25, 0.3) is 0 Å². The minimum atomic E-state index is 0.199. The van der Waals surface area contributed by atoms with Crippen LogP contribution in [0, 0.1) is 0 Å². The van der Waals surface area contributed by atoms with E-state index in [1.165, 1.54) is 5.56 Å². The second-order valence-electron chi connectivity index (χ2n) is 5.64. The number of para-hydroxylation sites is 1. The van der Waals surface area contributed by atoms with Crippen LogP contribution in [-0.2, 0) is 4.74 Å². The summed E-state index contributed by atoms with van der Waals surface area (Å²) in [6, 6.07) is 21.2. The van der Waals surface area contributed by atoms with Gasteiger partial charge >= 0.3 is 0 Å². The van der Waals surface area contributed by atoms with Crippen molar-refractivity contribution in [2.24, 2.45) is 0 Å². The van der Waals surface area contributed by atoms with Gasteiger partial charge in [0.15, 0.2) is 0 Å². The minimum Gasteiger partial charge on any atom is -0.492 e. The Hall–Kier alpha value is -1.84. The smallest absolute Gasteiger partial charge is 0.119 e. The molecule has 0 amide bonds. The van der Waals surface area contributed by atoms with Gasteiger partial charge in [0.1, 0.15) is 12.4 Å². The summed E-state index contributed by atoms with van der Waals surface area (Å²) in [5.74, 6) is 0.914. The zero-order valence-electron chi connectivity index (χ0n) is 12.8. The van der Waals surface area contributed by atoms with Gasteiger partial charge < -0.3 is 14.8 Å². The Kier molecular flexibility index (Phi) is 5.46. The number of ether oxygens (including phenoxy) is 2. The van der Waals surface area contributed by atoms with Crippen LogP contribution in [0.2, 0.25) is 0 Å². The summed E-state index contributed by atoms with van der Waals surface area (Å²) in [7, 11) is 0. The first-order chi connectivity index (χ1) is 10.9. The highest BCUT2D eigenvalue weighted by Gasteiger charge is 2.20. The third-order valence-electron chi connectivity index (χ3n) is 4.02. The van der Waals surface area contributed by atoms with E-state index in [4.69, 9.17) is 9.47 Å². The maximum Gasteiger partial charge on any atom is 0.119 e. The van der Waals surface area contributed by atoms with E-state index in [1.54, 1.807) is 0 Å². The molecule has 3 rings (SSSR count). The summed E-state index contributed by atoms with van der Waals surface area (Å²) >= 11 is 0. The van der Waals surface area contributed by atoms with Crippen molar-refractivity contribution in [1.82, 2.24) is 5.32 Å². The molecule has 3 nitrogen and oxygen atoms in total. The largest absolute Gasteiger partial charge is 0.492 e. The summed E-state index contributed by atoms with van der Waals surface area (Å²) in [5, 5.41) is 3.74. The monoisotopic (exact) mass is 297 g/mol. The van der Waals surface area contributed by atoms with Crippen LogP contribution in [-0.4, -0.2) is 25.9 Å². The maximum atomic E-state index is 5.97. The fraction of sp³-hybridized carbons (Fsp3) is 0.368. The van der Waals surface area contributed by atoms with Crippen molar-refractivity contribution in [2.45, 2.75) is 24.9 Å². The molecule has 1 N–H and O–H groups in total. The lowest BCUT2D eigenvalue weighted by molar-refractivity contribution is 0.0722. The molecule has 1 atom stereocenters. The predicted molar refractivity (Wildman–Crippen MR) is 88.1 cm³/mol. The van der Waals surface area contributed by atoms with E-state index >= 15 is 0 Å². The highest BCUT2D eigenvalue weighted by atomic mass is 16.5. The van der Waals surface area contributed by atoms with Crippen LogP contribution in [0.25, 0.3) is 0 Å². The normalized spacial score (nSPS) is 17.1. The van der Waals surface area contributed by atoms with E-state index in [0.717, 1.165) is 31.8 Å². The molecule has 1 aliphatic heterocycles. The average molecular weight is 297 g/mol. The van der Waals surface area contributed by atoms with Crippen LogP contribution in [0.5, 0.6) is 5.75 Å². The van der Waals surface area contributed by atoms with Gasteiger partial charge in [-0.3, -0.25) is 0 Å². The molecule has 1 heterocycles. The molecule has 116 valence electrons. The molecule has 1 fully saturated rings. The Morgan fingerprint density at radius 1 is 0.955 bits per heavy atom. The molecule has 2 aromatic carbocycles. The SMILES string of the molecule is c1ccc(OCC(NC2CCOCC2)c2ccccc2)cc1. The van der Waals surface area contributed by atoms with Gasteiger partial charge in [-0.1, -0.05) is 48.5 Å². The van der Waals surface area contributed by atoms with Crippen molar-refractivity contribution in [1.29, 1.82) is 0 Å². The predicted octanol–water partition coefficient (Wildman–Crippen LogP) is 3.58. The Morgan fingerprint density at radius 2 is 1.59 bits per heavy atom. The van der Waals surface area contributed by atoms with E-state index < -0.39 is 0 Å². The molecule has 0 bridgehead atoms. The molecule has 22 heavy (non-hydrogen) atoms. The van der Waals surface area contributed by atoms with Gasteiger partial charge in [0.2, 0.25) is 0 Å². The highest BCUT2D eigenvalue weighted by Crippen LogP contribution is 2.19. The zero-order valence-corrected chi connectivity index (χ0v) is 12.8. The molecule has 0 aliphatic carbocycles. The molecule has 3 heteroatoms. The standard InChI is InChI=1S/C19H23NO2/c1-3-7-16(8-4-1)19(20-17-11-13-21-14-12-17)15-22-18-9-5-2-6-10-18/h1-10,17,19-20H,11-15H2. The number of hydrogen-bond donors (Lipinski definition) is 1. The first-order valence-corrected chi connectivity index (χ1v) is 7.98. The van der Waals surface area contributed by atoms with Crippen molar-refractivity contribution >= 4 is 0 Å².